The van der Waals surface area contributed by atoms with Gasteiger partial charge in [-0.25, -0.2) is 0 Å². The van der Waals surface area contributed by atoms with Gasteiger partial charge in [0.25, 0.3) is 0 Å². The molecule has 0 radical (unpaired) electrons. The van der Waals surface area contributed by atoms with Gasteiger partial charge in [-0.2, -0.15) is 0 Å². The quantitative estimate of drug-likeness (QED) is 0.482. The topological polar surface area (TPSA) is 9.23 Å². The fourth-order valence-electron chi connectivity index (χ4n) is 4.26. The molecule has 20 heavy (non-hydrogen) atoms. The molecule has 1 fully saturated rings. The molecule has 0 saturated carbocycles. The zero-order valence-electron chi connectivity index (χ0n) is 13.8. The summed E-state index contributed by atoms with van der Waals surface area (Å²) in [4.78, 5) is 0. The molecule has 1 nitrogen and oxygen atoms in total. The van der Waals surface area contributed by atoms with Crippen LogP contribution in [0, 0.1) is 5.92 Å². The fraction of sp³-hybridized carbons (Fsp3) is 0.667. The van der Waals surface area contributed by atoms with Crippen molar-refractivity contribution in [2.45, 2.75) is 70.7 Å². The number of rotatable bonds is 4. The van der Waals surface area contributed by atoms with E-state index in [4.69, 9.17) is 4.43 Å². The second-order valence-electron chi connectivity index (χ2n) is 7.18. The highest BCUT2D eigenvalue weighted by atomic mass is 28.4. The lowest BCUT2D eigenvalue weighted by Gasteiger charge is -2.48. The molecular formula is C18H30OSi. The molecule has 1 aliphatic carbocycles. The Labute approximate surface area is 125 Å². The van der Waals surface area contributed by atoms with Crippen molar-refractivity contribution in [3.05, 3.63) is 36.0 Å². The van der Waals surface area contributed by atoms with Crippen LogP contribution in [0.1, 0.15) is 47.5 Å². The molecule has 1 aliphatic heterocycles. The highest BCUT2D eigenvalue weighted by Gasteiger charge is 2.51. The van der Waals surface area contributed by atoms with Crippen LogP contribution in [0.5, 0.6) is 0 Å². The minimum absolute atomic E-state index is 0.266. The zero-order chi connectivity index (χ0) is 15.1. The standard InChI is InChI=1S/C18H30OSi/c1-8-9-17-18-15(7)14(6)10-16(18)11-20(19-17,12(2)3)13(4)5/h8,12-13,16-17H,1,6,9-11H2,2-5,7H3. The van der Waals surface area contributed by atoms with Crippen molar-refractivity contribution < 1.29 is 4.43 Å². The van der Waals surface area contributed by atoms with Gasteiger partial charge >= 0.3 is 0 Å². The molecule has 0 spiro atoms. The normalized spacial score (nSPS) is 29.2. The largest absolute Gasteiger partial charge is 0.409 e. The van der Waals surface area contributed by atoms with Crippen LogP contribution in [0.15, 0.2) is 36.0 Å². The van der Waals surface area contributed by atoms with Crippen molar-refractivity contribution in [1.82, 2.24) is 0 Å². The van der Waals surface area contributed by atoms with Gasteiger partial charge in [0.05, 0.1) is 6.10 Å². The molecule has 0 aromatic carbocycles. The Morgan fingerprint density at radius 2 is 1.90 bits per heavy atom. The van der Waals surface area contributed by atoms with Gasteiger partial charge in [0.2, 0.25) is 0 Å². The molecule has 2 rings (SSSR count). The summed E-state index contributed by atoms with van der Waals surface area (Å²) in [6, 6.07) is 1.28. The minimum Gasteiger partial charge on any atom is -0.409 e. The van der Waals surface area contributed by atoms with Crippen LogP contribution in [0.2, 0.25) is 17.1 Å². The second kappa shape index (κ2) is 5.65. The first-order chi connectivity index (χ1) is 9.33. The van der Waals surface area contributed by atoms with E-state index in [1.54, 1.807) is 5.57 Å². The third kappa shape index (κ3) is 2.37. The van der Waals surface area contributed by atoms with Crippen LogP contribution in [0.4, 0.5) is 0 Å². The Bertz CT molecular complexity index is 436. The molecule has 2 atom stereocenters. The first-order valence-electron chi connectivity index (χ1n) is 8.01. The van der Waals surface area contributed by atoms with Crippen molar-refractivity contribution in [1.29, 1.82) is 0 Å². The van der Waals surface area contributed by atoms with Gasteiger partial charge in [0, 0.05) is 0 Å². The summed E-state index contributed by atoms with van der Waals surface area (Å²) < 4.78 is 6.84. The van der Waals surface area contributed by atoms with Gasteiger partial charge in [-0.3, -0.25) is 0 Å². The maximum atomic E-state index is 6.84. The molecular weight excluding hydrogens is 260 g/mol. The lowest BCUT2D eigenvalue weighted by molar-refractivity contribution is 0.179. The molecule has 2 heteroatoms. The molecule has 2 unspecified atom stereocenters. The molecule has 0 aromatic heterocycles. The van der Waals surface area contributed by atoms with Crippen LogP contribution in [-0.4, -0.2) is 14.4 Å². The van der Waals surface area contributed by atoms with Crippen molar-refractivity contribution in [2.75, 3.05) is 0 Å². The molecule has 1 heterocycles. The molecule has 0 aromatic rings. The fourth-order valence-corrected chi connectivity index (χ4v) is 9.06. The van der Waals surface area contributed by atoms with Crippen molar-refractivity contribution >= 4 is 8.32 Å². The summed E-state index contributed by atoms with van der Waals surface area (Å²) in [6.07, 6.45) is 4.40. The maximum Gasteiger partial charge on any atom is 0.199 e. The monoisotopic (exact) mass is 290 g/mol. The SMILES string of the molecule is C=CCC1O[Si](C(C)C)(C(C)C)CC2CC(=C)C(C)=C21. The number of fused-ring (bicyclic) bond motifs is 1. The number of hydrogen-bond donors (Lipinski definition) is 0. The molecule has 0 N–H and O–H groups in total. The molecule has 112 valence electrons. The van der Waals surface area contributed by atoms with E-state index in [9.17, 15) is 0 Å². The first kappa shape index (κ1) is 15.8. The van der Waals surface area contributed by atoms with Gasteiger partial charge in [-0.15, -0.1) is 6.58 Å². The van der Waals surface area contributed by atoms with Crippen LogP contribution < -0.4 is 0 Å². The van der Waals surface area contributed by atoms with E-state index in [0.717, 1.165) is 12.8 Å². The van der Waals surface area contributed by atoms with Gasteiger partial charge < -0.3 is 4.43 Å². The summed E-state index contributed by atoms with van der Waals surface area (Å²) in [7, 11) is -1.71. The van der Waals surface area contributed by atoms with Crippen LogP contribution >= 0.6 is 0 Å². The predicted molar refractivity (Wildman–Crippen MR) is 90.4 cm³/mol. The molecule has 0 bridgehead atoms. The van der Waals surface area contributed by atoms with E-state index < -0.39 is 8.32 Å². The Balaban J connectivity index is 2.42. The number of allylic oxidation sites excluding steroid dienone is 2. The highest BCUT2D eigenvalue weighted by Crippen LogP contribution is 2.53. The summed E-state index contributed by atoms with van der Waals surface area (Å²) >= 11 is 0. The second-order valence-corrected chi connectivity index (χ2v) is 12.0. The Morgan fingerprint density at radius 3 is 2.40 bits per heavy atom. The zero-order valence-corrected chi connectivity index (χ0v) is 14.8. The highest BCUT2D eigenvalue weighted by molar-refractivity contribution is 6.76. The lowest BCUT2D eigenvalue weighted by atomic mass is 9.95. The van der Waals surface area contributed by atoms with E-state index in [1.165, 1.54) is 17.2 Å². The Hall–Kier alpha value is -0.603. The smallest absolute Gasteiger partial charge is 0.199 e. The lowest BCUT2D eigenvalue weighted by Crippen LogP contribution is -2.53. The van der Waals surface area contributed by atoms with E-state index in [2.05, 4.69) is 47.8 Å². The van der Waals surface area contributed by atoms with E-state index in [1.807, 2.05) is 6.08 Å². The summed E-state index contributed by atoms with van der Waals surface area (Å²) in [5, 5.41) is 0. The van der Waals surface area contributed by atoms with E-state index in [0.29, 0.717) is 17.0 Å². The van der Waals surface area contributed by atoms with Crippen LogP contribution in [0.3, 0.4) is 0 Å². The third-order valence-corrected chi connectivity index (χ3v) is 11.3. The van der Waals surface area contributed by atoms with Crippen molar-refractivity contribution in [3.8, 4) is 0 Å². The Morgan fingerprint density at radius 1 is 1.30 bits per heavy atom. The summed E-state index contributed by atoms with van der Waals surface area (Å²) in [5.41, 5.74) is 5.63. The average Bonchev–Trinajstić information content (AvgIpc) is 2.64. The molecule has 1 saturated heterocycles. The van der Waals surface area contributed by atoms with Gasteiger partial charge in [-0.05, 0) is 54.0 Å². The number of hydrogen-bond acceptors (Lipinski definition) is 1. The minimum atomic E-state index is -1.71. The molecule has 0 amide bonds. The van der Waals surface area contributed by atoms with Crippen molar-refractivity contribution in [2.24, 2.45) is 5.92 Å². The van der Waals surface area contributed by atoms with E-state index in [-0.39, 0.29) is 6.10 Å². The summed E-state index contributed by atoms with van der Waals surface area (Å²) in [5.74, 6) is 0.692. The average molecular weight is 291 g/mol. The third-order valence-electron chi connectivity index (χ3n) is 5.51. The molecule has 2 aliphatic rings. The predicted octanol–water partition coefficient (Wildman–Crippen LogP) is 5.62. The Kier molecular flexibility index (Phi) is 4.46. The van der Waals surface area contributed by atoms with Crippen molar-refractivity contribution in [3.63, 3.8) is 0 Å². The van der Waals surface area contributed by atoms with Gasteiger partial charge in [-0.1, -0.05) is 45.9 Å². The summed E-state index contributed by atoms with van der Waals surface area (Å²) in [6.45, 7) is 19.9. The van der Waals surface area contributed by atoms with E-state index >= 15 is 0 Å². The maximum absolute atomic E-state index is 6.84. The van der Waals surface area contributed by atoms with Gasteiger partial charge in [0.15, 0.2) is 8.32 Å². The van der Waals surface area contributed by atoms with Gasteiger partial charge in [0.1, 0.15) is 0 Å². The van der Waals surface area contributed by atoms with Crippen LogP contribution in [0.25, 0.3) is 0 Å². The van der Waals surface area contributed by atoms with Crippen LogP contribution in [-0.2, 0) is 4.43 Å². The first-order valence-corrected chi connectivity index (χ1v) is 10.3.